The standard InChI is InChI=1S/C13H12N2O3/c16-13(18-8-6-15-4-1-2-5-15)11-9-12-10(14-11)3-7-17-12/h1-5,7,9,14H,6,8H2. The number of H-pyrrole nitrogens is 1. The maximum atomic E-state index is 11.7. The summed E-state index contributed by atoms with van der Waals surface area (Å²) in [5.74, 6) is -0.367. The zero-order valence-corrected chi connectivity index (χ0v) is 9.63. The number of rotatable bonds is 4. The third-order valence-electron chi connectivity index (χ3n) is 2.71. The fraction of sp³-hybridized carbons (Fsp3) is 0.154. The molecule has 3 rings (SSSR count). The molecule has 3 aromatic rings. The number of aromatic amines is 1. The zero-order chi connectivity index (χ0) is 12.4. The van der Waals surface area contributed by atoms with Crippen LogP contribution in [-0.4, -0.2) is 22.1 Å². The Hall–Kier alpha value is -2.43. The summed E-state index contributed by atoms with van der Waals surface area (Å²) in [5.41, 5.74) is 1.87. The van der Waals surface area contributed by atoms with Crippen molar-refractivity contribution in [1.29, 1.82) is 0 Å². The first-order chi connectivity index (χ1) is 8.83. The zero-order valence-electron chi connectivity index (χ0n) is 9.63. The second kappa shape index (κ2) is 4.44. The lowest BCUT2D eigenvalue weighted by molar-refractivity contribution is 0.0485. The number of hydrogen-bond acceptors (Lipinski definition) is 3. The summed E-state index contributed by atoms with van der Waals surface area (Å²) < 4.78 is 12.3. The van der Waals surface area contributed by atoms with Gasteiger partial charge in [-0.2, -0.15) is 0 Å². The molecule has 0 unspecified atom stereocenters. The number of aromatic nitrogens is 2. The van der Waals surface area contributed by atoms with Crippen LogP contribution in [0.15, 0.2) is 47.3 Å². The van der Waals surface area contributed by atoms with Crippen LogP contribution < -0.4 is 0 Å². The van der Waals surface area contributed by atoms with E-state index in [1.165, 1.54) is 0 Å². The summed E-state index contributed by atoms with van der Waals surface area (Å²) >= 11 is 0. The van der Waals surface area contributed by atoms with Crippen LogP contribution >= 0.6 is 0 Å². The van der Waals surface area contributed by atoms with Gasteiger partial charge in [-0.25, -0.2) is 4.79 Å². The Balaban J connectivity index is 1.59. The van der Waals surface area contributed by atoms with Crippen molar-refractivity contribution in [3.63, 3.8) is 0 Å². The minimum absolute atomic E-state index is 0.341. The third-order valence-corrected chi connectivity index (χ3v) is 2.71. The highest BCUT2D eigenvalue weighted by Gasteiger charge is 2.12. The molecule has 0 saturated carbocycles. The Kier molecular flexibility index (Phi) is 2.64. The van der Waals surface area contributed by atoms with Crippen LogP contribution in [0.3, 0.4) is 0 Å². The van der Waals surface area contributed by atoms with Gasteiger partial charge in [-0.05, 0) is 12.1 Å². The third kappa shape index (κ3) is 2.02. The van der Waals surface area contributed by atoms with Crippen molar-refractivity contribution in [1.82, 2.24) is 9.55 Å². The molecule has 18 heavy (non-hydrogen) atoms. The quantitative estimate of drug-likeness (QED) is 0.717. The minimum Gasteiger partial charge on any atom is -0.463 e. The number of ether oxygens (including phenoxy) is 1. The molecule has 0 fully saturated rings. The Morgan fingerprint density at radius 3 is 3.00 bits per heavy atom. The van der Waals surface area contributed by atoms with Crippen molar-refractivity contribution in [3.05, 3.63) is 48.6 Å². The molecule has 0 aliphatic rings. The molecule has 0 bridgehead atoms. The lowest BCUT2D eigenvalue weighted by atomic mass is 10.4. The molecule has 0 aliphatic carbocycles. The summed E-state index contributed by atoms with van der Waals surface area (Å²) in [4.78, 5) is 14.7. The SMILES string of the molecule is O=C(OCCn1cccc1)c1cc2occc2[nH]1. The first kappa shape index (κ1) is 10.7. The van der Waals surface area contributed by atoms with Gasteiger partial charge in [0, 0.05) is 24.5 Å². The number of nitrogens with zero attached hydrogens (tertiary/aromatic N) is 1. The molecule has 92 valence electrons. The molecule has 0 saturated heterocycles. The second-order valence-corrected chi connectivity index (χ2v) is 3.94. The van der Waals surface area contributed by atoms with Crippen molar-refractivity contribution in [2.75, 3.05) is 6.61 Å². The Morgan fingerprint density at radius 2 is 2.22 bits per heavy atom. The highest BCUT2D eigenvalue weighted by Crippen LogP contribution is 2.16. The number of furan rings is 1. The number of esters is 1. The van der Waals surface area contributed by atoms with Crippen molar-refractivity contribution < 1.29 is 13.9 Å². The summed E-state index contributed by atoms with van der Waals surface area (Å²) in [7, 11) is 0. The summed E-state index contributed by atoms with van der Waals surface area (Å²) in [6.45, 7) is 0.990. The van der Waals surface area contributed by atoms with E-state index in [2.05, 4.69) is 4.98 Å². The summed E-state index contributed by atoms with van der Waals surface area (Å²) in [5, 5.41) is 0. The Labute approximate surface area is 103 Å². The molecule has 3 aromatic heterocycles. The molecule has 0 aliphatic heterocycles. The molecule has 0 aromatic carbocycles. The number of carbonyl (C=O) groups is 1. The lowest BCUT2D eigenvalue weighted by Crippen LogP contribution is -2.10. The maximum absolute atomic E-state index is 11.7. The van der Waals surface area contributed by atoms with E-state index in [9.17, 15) is 4.79 Å². The predicted octanol–water partition coefficient (Wildman–Crippen LogP) is 2.42. The lowest BCUT2D eigenvalue weighted by Gasteiger charge is -2.04. The van der Waals surface area contributed by atoms with E-state index in [0.717, 1.165) is 5.52 Å². The van der Waals surface area contributed by atoms with Gasteiger partial charge in [0.05, 0.1) is 18.3 Å². The van der Waals surface area contributed by atoms with Gasteiger partial charge in [-0.3, -0.25) is 0 Å². The van der Waals surface area contributed by atoms with Crippen molar-refractivity contribution in [3.8, 4) is 0 Å². The van der Waals surface area contributed by atoms with Crippen molar-refractivity contribution in [2.24, 2.45) is 0 Å². The van der Waals surface area contributed by atoms with Gasteiger partial charge in [-0.1, -0.05) is 0 Å². The predicted molar refractivity (Wildman–Crippen MR) is 65.3 cm³/mol. The molecule has 5 nitrogen and oxygen atoms in total. The van der Waals surface area contributed by atoms with Gasteiger partial charge < -0.3 is 18.7 Å². The highest BCUT2D eigenvalue weighted by molar-refractivity contribution is 5.93. The maximum Gasteiger partial charge on any atom is 0.354 e. The smallest absolute Gasteiger partial charge is 0.354 e. The van der Waals surface area contributed by atoms with E-state index < -0.39 is 0 Å². The first-order valence-corrected chi connectivity index (χ1v) is 5.67. The van der Waals surface area contributed by atoms with Crippen LogP contribution in [0.1, 0.15) is 10.5 Å². The molecule has 0 amide bonds. The van der Waals surface area contributed by atoms with E-state index in [1.807, 2.05) is 29.1 Å². The number of fused-ring (bicyclic) bond motifs is 1. The van der Waals surface area contributed by atoms with Gasteiger partial charge in [0.15, 0.2) is 5.58 Å². The van der Waals surface area contributed by atoms with E-state index >= 15 is 0 Å². The fourth-order valence-corrected chi connectivity index (χ4v) is 1.80. The van der Waals surface area contributed by atoms with Gasteiger partial charge in [0.25, 0.3) is 0 Å². The molecule has 0 atom stereocenters. The second-order valence-electron chi connectivity index (χ2n) is 3.94. The van der Waals surface area contributed by atoms with Crippen LogP contribution in [0.5, 0.6) is 0 Å². The van der Waals surface area contributed by atoms with Gasteiger partial charge in [-0.15, -0.1) is 0 Å². The Bertz CT molecular complexity index is 620. The summed E-state index contributed by atoms with van der Waals surface area (Å²) in [6, 6.07) is 7.28. The van der Waals surface area contributed by atoms with Crippen LogP contribution in [0.4, 0.5) is 0 Å². The van der Waals surface area contributed by atoms with E-state index in [-0.39, 0.29) is 5.97 Å². The minimum atomic E-state index is -0.367. The average molecular weight is 244 g/mol. The van der Waals surface area contributed by atoms with E-state index in [4.69, 9.17) is 9.15 Å². The molecular weight excluding hydrogens is 232 g/mol. The normalized spacial score (nSPS) is 10.9. The van der Waals surface area contributed by atoms with Crippen molar-refractivity contribution >= 4 is 17.1 Å². The topological polar surface area (TPSA) is 60.2 Å². The monoisotopic (exact) mass is 244 g/mol. The van der Waals surface area contributed by atoms with Crippen LogP contribution in [0.25, 0.3) is 11.1 Å². The van der Waals surface area contributed by atoms with E-state index in [0.29, 0.717) is 24.4 Å². The van der Waals surface area contributed by atoms with Gasteiger partial charge in [0.1, 0.15) is 12.3 Å². The van der Waals surface area contributed by atoms with Gasteiger partial charge in [0.2, 0.25) is 0 Å². The first-order valence-electron chi connectivity index (χ1n) is 5.67. The number of carbonyl (C=O) groups excluding carboxylic acids is 1. The Morgan fingerprint density at radius 1 is 1.39 bits per heavy atom. The fourth-order valence-electron chi connectivity index (χ4n) is 1.80. The van der Waals surface area contributed by atoms with E-state index in [1.54, 1.807) is 18.4 Å². The summed E-state index contributed by atoms with van der Waals surface area (Å²) in [6.07, 6.45) is 5.42. The number of hydrogen-bond donors (Lipinski definition) is 1. The largest absolute Gasteiger partial charge is 0.463 e. The molecule has 0 radical (unpaired) electrons. The van der Waals surface area contributed by atoms with Crippen LogP contribution in [-0.2, 0) is 11.3 Å². The molecule has 5 heteroatoms. The average Bonchev–Trinajstić information content (AvgIpc) is 3.04. The van der Waals surface area contributed by atoms with Crippen LogP contribution in [0.2, 0.25) is 0 Å². The number of nitrogens with one attached hydrogen (secondary N) is 1. The highest BCUT2D eigenvalue weighted by atomic mass is 16.5. The molecule has 0 spiro atoms. The molecular formula is C13H12N2O3. The van der Waals surface area contributed by atoms with Gasteiger partial charge >= 0.3 is 5.97 Å². The molecule has 3 heterocycles. The molecule has 1 N–H and O–H groups in total. The van der Waals surface area contributed by atoms with Crippen molar-refractivity contribution in [2.45, 2.75) is 6.54 Å². The van der Waals surface area contributed by atoms with Crippen LogP contribution in [0, 0.1) is 0 Å².